The van der Waals surface area contributed by atoms with Crippen LogP contribution in [0.2, 0.25) is 0 Å². The van der Waals surface area contributed by atoms with E-state index in [-0.39, 0.29) is 5.78 Å². The summed E-state index contributed by atoms with van der Waals surface area (Å²) in [4.78, 5) is 14.2. The molecule has 2 aromatic carbocycles. The summed E-state index contributed by atoms with van der Waals surface area (Å²) in [7, 11) is 2.14. The van der Waals surface area contributed by atoms with Crippen molar-refractivity contribution in [2.45, 2.75) is 13.8 Å². The third-order valence-electron chi connectivity index (χ3n) is 4.40. The molecule has 1 fully saturated rings. The SMILES string of the molecule is Cc1ccc(C=C2C[NH+](C)C/C(=C\c3ccc(C)cc3)C2=O)cc1. The molecule has 3 rings (SSSR count). The smallest absolute Gasteiger partial charge is 0.196 e. The van der Waals surface area contributed by atoms with E-state index >= 15 is 0 Å². The van der Waals surface area contributed by atoms with Gasteiger partial charge in [0.05, 0.1) is 18.2 Å². The van der Waals surface area contributed by atoms with Gasteiger partial charge in [-0.1, -0.05) is 59.7 Å². The van der Waals surface area contributed by atoms with Crippen LogP contribution in [0.3, 0.4) is 0 Å². The molecule has 0 aliphatic carbocycles. The summed E-state index contributed by atoms with van der Waals surface area (Å²) in [6, 6.07) is 16.6. The molecule has 0 bridgehead atoms. The van der Waals surface area contributed by atoms with Crippen LogP contribution in [0, 0.1) is 13.8 Å². The molecular formula is C22H24NO+. The highest BCUT2D eigenvalue weighted by Crippen LogP contribution is 2.16. The van der Waals surface area contributed by atoms with Crippen LogP contribution in [0.4, 0.5) is 0 Å². The molecular weight excluding hydrogens is 294 g/mol. The fourth-order valence-corrected chi connectivity index (χ4v) is 3.04. The van der Waals surface area contributed by atoms with E-state index in [0.717, 1.165) is 35.4 Å². The van der Waals surface area contributed by atoms with Crippen LogP contribution < -0.4 is 4.90 Å². The standard InChI is InChI=1S/C22H23NO/c1-16-4-8-18(9-5-16)12-20-14-23(3)15-21(22(20)24)13-19-10-6-17(2)7-11-19/h4-13H,14-15H2,1-3H3/p+1/b20-12+,21-13?. The summed E-state index contributed by atoms with van der Waals surface area (Å²) in [5, 5.41) is 0. The minimum atomic E-state index is 0.182. The molecule has 1 aliphatic heterocycles. The van der Waals surface area contributed by atoms with Crippen LogP contribution in [-0.4, -0.2) is 25.9 Å². The van der Waals surface area contributed by atoms with E-state index < -0.39 is 0 Å². The second-order valence-electron chi connectivity index (χ2n) is 6.80. The highest BCUT2D eigenvalue weighted by Gasteiger charge is 2.26. The minimum absolute atomic E-state index is 0.182. The van der Waals surface area contributed by atoms with Gasteiger partial charge in [0.1, 0.15) is 13.1 Å². The summed E-state index contributed by atoms with van der Waals surface area (Å²) in [5.74, 6) is 0.182. The van der Waals surface area contributed by atoms with Crippen LogP contribution in [0.15, 0.2) is 59.7 Å². The number of quaternary nitrogens is 1. The van der Waals surface area contributed by atoms with Gasteiger partial charge in [0, 0.05) is 0 Å². The molecule has 0 amide bonds. The van der Waals surface area contributed by atoms with E-state index in [1.54, 1.807) is 0 Å². The topological polar surface area (TPSA) is 21.5 Å². The van der Waals surface area contributed by atoms with Gasteiger partial charge in [-0.25, -0.2) is 0 Å². The van der Waals surface area contributed by atoms with Crippen molar-refractivity contribution >= 4 is 17.9 Å². The Labute approximate surface area is 144 Å². The second-order valence-corrected chi connectivity index (χ2v) is 6.80. The predicted octanol–water partition coefficient (Wildman–Crippen LogP) is 2.87. The highest BCUT2D eigenvalue weighted by atomic mass is 16.1. The lowest BCUT2D eigenvalue weighted by molar-refractivity contribution is -0.870. The van der Waals surface area contributed by atoms with Crippen LogP contribution in [0.1, 0.15) is 22.3 Å². The minimum Gasteiger partial charge on any atom is -0.330 e. The molecule has 1 N–H and O–H groups in total. The molecule has 1 heterocycles. The summed E-state index contributed by atoms with van der Waals surface area (Å²) < 4.78 is 0. The molecule has 0 saturated carbocycles. The average Bonchev–Trinajstić information content (AvgIpc) is 2.56. The van der Waals surface area contributed by atoms with Crippen molar-refractivity contribution in [2.24, 2.45) is 0 Å². The van der Waals surface area contributed by atoms with Crippen molar-refractivity contribution in [1.82, 2.24) is 0 Å². The monoisotopic (exact) mass is 318 g/mol. The zero-order chi connectivity index (χ0) is 17.1. The number of piperidine rings is 1. The van der Waals surface area contributed by atoms with Crippen molar-refractivity contribution in [3.05, 3.63) is 81.9 Å². The van der Waals surface area contributed by atoms with E-state index in [1.165, 1.54) is 16.0 Å². The number of Topliss-reactive ketones (excluding diaryl/α,β-unsaturated/α-hetero) is 1. The normalized spacial score (nSPS) is 21.5. The third kappa shape index (κ3) is 3.90. The molecule has 0 aromatic heterocycles. The van der Waals surface area contributed by atoms with Gasteiger partial charge in [0.15, 0.2) is 5.78 Å². The number of carbonyl (C=O) groups excluding carboxylic acids is 1. The summed E-state index contributed by atoms with van der Waals surface area (Å²) in [6.07, 6.45) is 4.07. The number of rotatable bonds is 2. The zero-order valence-corrected chi connectivity index (χ0v) is 14.6. The van der Waals surface area contributed by atoms with Crippen LogP contribution in [0.25, 0.3) is 12.2 Å². The number of hydrogen-bond donors (Lipinski definition) is 1. The van der Waals surface area contributed by atoms with Gasteiger partial charge in [0.2, 0.25) is 0 Å². The van der Waals surface area contributed by atoms with Crippen LogP contribution in [-0.2, 0) is 4.79 Å². The zero-order valence-electron chi connectivity index (χ0n) is 14.6. The fraction of sp³-hybridized carbons (Fsp3) is 0.227. The summed E-state index contributed by atoms with van der Waals surface area (Å²) in [5.41, 5.74) is 6.42. The Morgan fingerprint density at radius 2 is 1.12 bits per heavy atom. The first-order valence-corrected chi connectivity index (χ1v) is 8.42. The number of likely N-dealkylation sites (N-methyl/N-ethyl adjacent to an activating group) is 1. The molecule has 0 radical (unpaired) electrons. The van der Waals surface area contributed by atoms with Gasteiger partial charge in [0.25, 0.3) is 0 Å². The van der Waals surface area contributed by atoms with Gasteiger partial charge in [-0.3, -0.25) is 4.79 Å². The number of benzene rings is 2. The largest absolute Gasteiger partial charge is 0.330 e. The van der Waals surface area contributed by atoms with Gasteiger partial charge in [-0.05, 0) is 37.1 Å². The molecule has 2 nitrogen and oxygen atoms in total. The van der Waals surface area contributed by atoms with Gasteiger partial charge >= 0.3 is 0 Å². The van der Waals surface area contributed by atoms with Crippen molar-refractivity contribution in [3.8, 4) is 0 Å². The van der Waals surface area contributed by atoms with Crippen molar-refractivity contribution in [3.63, 3.8) is 0 Å². The number of hydrogen-bond acceptors (Lipinski definition) is 1. The third-order valence-corrected chi connectivity index (χ3v) is 4.40. The van der Waals surface area contributed by atoms with Crippen LogP contribution >= 0.6 is 0 Å². The van der Waals surface area contributed by atoms with Crippen LogP contribution in [0.5, 0.6) is 0 Å². The molecule has 1 atom stereocenters. The maximum Gasteiger partial charge on any atom is 0.196 e. The fourth-order valence-electron chi connectivity index (χ4n) is 3.04. The van der Waals surface area contributed by atoms with E-state index in [1.807, 2.05) is 12.2 Å². The molecule has 1 unspecified atom stereocenters. The maximum absolute atomic E-state index is 12.9. The maximum atomic E-state index is 12.9. The number of carbonyl (C=O) groups is 1. The Morgan fingerprint density at radius 3 is 1.50 bits per heavy atom. The Morgan fingerprint density at radius 1 is 0.750 bits per heavy atom. The van der Waals surface area contributed by atoms with E-state index in [0.29, 0.717) is 0 Å². The van der Waals surface area contributed by atoms with Gasteiger partial charge in [-0.15, -0.1) is 0 Å². The summed E-state index contributed by atoms with van der Waals surface area (Å²) in [6.45, 7) is 5.70. The second kappa shape index (κ2) is 6.98. The number of nitrogens with one attached hydrogen (secondary N) is 1. The number of ketones is 1. The molecule has 1 aliphatic rings. The van der Waals surface area contributed by atoms with Crippen molar-refractivity contribution < 1.29 is 9.69 Å². The van der Waals surface area contributed by atoms with Crippen molar-refractivity contribution in [2.75, 3.05) is 20.1 Å². The van der Waals surface area contributed by atoms with Gasteiger partial charge < -0.3 is 4.90 Å². The predicted molar refractivity (Wildman–Crippen MR) is 99.9 cm³/mol. The van der Waals surface area contributed by atoms with E-state index in [9.17, 15) is 4.79 Å². The number of likely N-dealkylation sites (tertiary alicyclic amines) is 1. The highest BCUT2D eigenvalue weighted by molar-refractivity contribution is 6.14. The number of aryl methyl sites for hydroxylation is 2. The Hall–Kier alpha value is -2.45. The molecule has 122 valence electrons. The Balaban J connectivity index is 1.90. The molecule has 2 aromatic rings. The van der Waals surface area contributed by atoms with Gasteiger partial charge in [-0.2, -0.15) is 0 Å². The Bertz CT molecular complexity index is 727. The van der Waals surface area contributed by atoms with Crippen molar-refractivity contribution in [1.29, 1.82) is 0 Å². The average molecular weight is 318 g/mol. The first-order chi connectivity index (χ1) is 11.5. The lowest BCUT2D eigenvalue weighted by Crippen LogP contribution is -3.10. The molecule has 24 heavy (non-hydrogen) atoms. The molecule has 0 spiro atoms. The summed E-state index contributed by atoms with van der Waals surface area (Å²) >= 11 is 0. The lowest BCUT2D eigenvalue weighted by atomic mass is 9.94. The molecule has 1 saturated heterocycles. The lowest BCUT2D eigenvalue weighted by Gasteiger charge is -2.23. The van der Waals surface area contributed by atoms with E-state index in [4.69, 9.17) is 0 Å². The first-order valence-electron chi connectivity index (χ1n) is 8.42. The quantitative estimate of drug-likeness (QED) is 0.845. The van der Waals surface area contributed by atoms with E-state index in [2.05, 4.69) is 69.4 Å². The Kier molecular flexibility index (Phi) is 4.77. The molecule has 2 heteroatoms. The first kappa shape index (κ1) is 16.4.